The van der Waals surface area contributed by atoms with Gasteiger partial charge in [0.15, 0.2) is 11.5 Å². The lowest BCUT2D eigenvalue weighted by atomic mass is 10.1. The van der Waals surface area contributed by atoms with E-state index in [1.165, 1.54) is 11.2 Å². The number of fused-ring (bicyclic) bond motifs is 1. The number of aromatic nitrogens is 4. The summed E-state index contributed by atoms with van der Waals surface area (Å²) < 4.78 is 23.8. The Morgan fingerprint density at radius 3 is 2.55 bits per heavy atom. The van der Waals surface area contributed by atoms with E-state index >= 15 is 0 Å². The predicted octanol–water partition coefficient (Wildman–Crippen LogP) is 2.45. The van der Waals surface area contributed by atoms with Crippen molar-refractivity contribution in [2.75, 3.05) is 44.9 Å². The number of imidazole rings is 1. The molecule has 2 aromatic carbocycles. The summed E-state index contributed by atoms with van der Waals surface area (Å²) in [7, 11) is 1.56. The van der Waals surface area contributed by atoms with Crippen LogP contribution in [0, 0.1) is 0 Å². The maximum absolute atomic E-state index is 13.6. The van der Waals surface area contributed by atoms with Crippen LogP contribution in [-0.2, 0) is 11.3 Å². The first-order valence-electron chi connectivity index (χ1n) is 13.4. The minimum absolute atomic E-state index is 0.199. The average molecular weight is 572 g/mol. The van der Waals surface area contributed by atoms with Gasteiger partial charge in [0, 0.05) is 44.6 Å². The lowest BCUT2D eigenvalue weighted by molar-refractivity contribution is -0.126. The second-order valence-corrected chi connectivity index (χ2v) is 9.60. The molecule has 1 saturated heterocycles. The Kier molecular flexibility index (Phi) is 7.70. The Morgan fingerprint density at radius 2 is 1.76 bits per heavy atom. The lowest BCUT2D eigenvalue weighted by Crippen LogP contribution is -2.61. The summed E-state index contributed by atoms with van der Waals surface area (Å²) in [5, 5.41) is 2.97. The number of carbonyl (C=O) groups is 2. The first-order valence-corrected chi connectivity index (χ1v) is 13.4. The molecule has 4 aromatic rings. The molecule has 13 nitrogen and oxygen atoms in total. The number of benzene rings is 2. The van der Waals surface area contributed by atoms with Gasteiger partial charge in [-0.25, -0.2) is 19.7 Å². The molecule has 216 valence electrons. The molecule has 1 fully saturated rings. The minimum atomic E-state index is -0.853. The molecular formula is C29H29N7O6. The smallest absolute Gasteiger partial charge is 0.416 e. The van der Waals surface area contributed by atoms with E-state index in [4.69, 9.17) is 18.9 Å². The molecule has 2 amide bonds. The minimum Gasteiger partial charge on any atom is -0.497 e. The van der Waals surface area contributed by atoms with Crippen molar-refractivity contribution in [2.45, 2.75) is 12.6 Å². The van der Waals surface area contributed by atoms with Crippen molar-refractivity contribution < 1.29 is 28.5 Å². The molecule has 1 unspecified atom stereocenters. The maximum atomic E-state index is 13.6. The quantitative estimate of drug-likeness (QED) is 0.353. The number of anilines is 1. The van der Waals surface area contributed by atoms with Crippen LogP contribution >= 0.6 is 0 Å². The van der Waals surface area contributed by atoms with Gasteiger partial charge in [-0.05, 0) is 42.0 Å². The maximum Gasteiger partial charge on any atom is 0.416 e. The van der Waals surface area contributed by atoms with Gasteiger partial charge in [-0.15, -0.1) is 0 Å². The summed E-state index contributed by atoms with van der Waals surface area (Å²) in [4.78, 5) is 43.2. The SMILES string of the molecule is COc1ccc(OC(=O)N2CCN(c3cc(-n4ccnc4)ncn3)CC2C(=O)NCc2ccc3c(c2)OCCO3)cc1. The summed E-state index contributed by atoms with van der Waals surface area (Å²) in [5.74, 6) is 3.23. The van der Waals surface area contributed by atoms with Crippen molar-refractivity contribution in [3.63, 3.8) is 0 Å². The molecule has 0 saturated carbocycles. The topological polar surface area (TPSA) is 133 Å². The van der Waals surface area contributed by atoms with Crippen molar-refractivity contribution in [1.29, 1.82) is 0 Å². The Labute approximate surface area is 241 Å². The fourth-order valence-electron chi connectivity index (χ4n) is 4.79. The number of methoxy groups -OCH3 is 1. The van der Waals surface area contributed by atoms with Crippen LogP contribution < -0.4 is 29.2 Å². The second-order valence-electron chi connectivity index (χ2n) is 9.60. The first-order chi connectivity index (χ1) is 20.6. The standard InChI is InChI=1S/C29H29N7O6/c1-39-21-3-5-22(6-4-21)42-29(38)36-11-10-34(26-15-27(33-18-32-26)35-9-8-30-19-35)17-23(36)28(37)31-16-20-2-7-24-25(14-20)41-13-12-40-24/h2-9,14-15,18-19,23H,10-13,16-17H2,1H3,(H,31,37). The molecular weight excluding hydrogens is 542 g/mol. The number of piperazine rings is 1. The van der Waals surface area contributed by atoms with Gasteiger partial charge in [-0.1, -0.05) is 6.07 Å². The van der Waals surface area contributed by atoms with Crippen molar-refractivity contribution in [3.8, 4) is 28.8 Å². The van der Waals surface area contributed by atoms with E-state index in [1.54, 1.807) is 54.7 Å². The van der Waals surface area contributed by atoms with E-state index in [2.05, 4.69) is 20.3 Å². The number of hydrogen-bond donors (Lipinski definition) is 1. The van der Waals surface area contributed by atoms with Crippen LogP contribution in [0.3, 0.4) is 0 Å². The Balaban J connectivity index is 1.20. The molecule has 0 bridgehead atoms. The molecule has 6 rings (SSSR count). The number of ether oxygens (including phenoxy) is 4. The zero-order valence-corrected chi connectivity index (χ0v) is 22.9. The van der Waals surface area contributed by atoms with E-state index in [9.17, 15) is 9.59 Å². The first kappa shape index (κ1) is 26.9. The zero-order chi connectivity index (χ0) is 28.9. The largest absolute Gasteiger partial charge is 0.497 e. The highest BCUT2D eigenvalue weighted by Crippen LogP contribution is 2.31. The summed E-state index contributed by atoms with van der Waals surface area (Å²) >= 11 is 0. The second kappa shape index (κ2) is 12.0. The third kappa shape index (κ3) is 5.89. The van der Waals surface area contributed by atoms with Crippen LogP contribution in [0.15, 0.2) is 73.6 Å². The highest BCUT2D eigenvalue weighted by molar-refractivity contribution is 5.87. The van der Waals surface area contributed by atoms with Gasteiger partial charge in [0.2, 0.25) is 5.91 Å². The highest BCUT2D eigenvalue weighted by atomic mass is 16.6. The third-order valence-corrected chi connectivity index (χ3v) is 6.99. The Morgan fingerprint density at radius 1 is 0.976 bits per heavy atom. The lowest BCUT2D eigenvalue weighted by Gasteiger charge is -2.40. The molecule has 1 atom stereocenters. The summed E-state index contributed by atoms with van der Waals surface area (Å²) in [6.07, 6.45) is 5.94. The monoisotopic (exact) mass is 571 g/mol. The summed E-state index contributed by atoms with van der Waals surface area (Å²) in [6.45, 7) is 2.08. The van der Waals surface area contributed by atoms with Crippen molar-refractivity contribution in [2.24, 2.45) is 0 Å². The number of rotatable bonds is 7. The number of nitrogens with one attached hydrogen (secondary N) is 1. The van der Waals surface area contributed by atoms with Gasteiger partial charge in [0.05, 0.1) is 7.11 Å². The van der Waals surface area contributed by atoms with Gasteiger partial charge in [0.25, 0.3) is 0 Å². The Bertz CT molecular complexity index is 1550. The number of carbonyl (C=O) groups excluding carboxylic acids is 2. The van der Waals surface area contributed by atoms with Crippen LogP contribution in [0.2, 0.25) is 0 Å². The number of amides is 2. The Hall–Kier alpha value is -5.33. The normalized spacial score (nSPS) is 16.1. The van der Waals surface area contributed by atoms with Crippen LogP contribution in [0.5, 0.6) is 23.0 Å². The summed E-state index contributed by atoms with van der Waals surface area (Å²) in [6, 6.07) is 13.2. The highest BCUT2D eigenvalue weighted by Gasteiger charge is 2.37. The van der Waals surface area contributed by atoms with E-state index in [0.29, 0.717) is 54.4 Å². The molecule has 2 aliphatic heterocycles. The van der Waals surface area contributed by atoms with Crippen LogP contribution in [0.4, 0.5) is 10.6 Å². The van der Waals surface area contributed by atoms with Crippen molar-refractivity contribution in [3.05, 3.63) is 79.1 Å². The van der Waals surface area contributed by atoms with Crippen LogP contribution in [0.1, 0.15) is 5.56 Å². The van der Waals surface area contributed by atoms with Crippen LogP contribution in [0.25, 0.3) is 5.82 Å². The molecule has 2 aromatic heterocycles. The van der Waals surface area contributed by atoms with Gasteiger partial charge in [0.1, 0.15) is 55.0 Å². The fraction of sp³-hybridized carbons (Fsp3) is 0.276. The molecule has 0 spiro atoms. The molecule has 0 aliphatic carbocycles. The van der Waals surface area contributed by atoms with Crippen molar-refractivity contribution in [1.82, 2.24) is 29.7 Å². The van der Waals surface area contributed by atoms with E-state index in [0.717, 1.165) is 5.56 Å². The van der Waals surface area contributed by atoms with Gasteiger partial charge in [-0.2, -0.15) is 0 Å². The molecule has 2 aliphatic rings. The third-order valence-electron chi connectivity index (χ3n) is 6.99. The zero-order valence-electron chi connectivity index (χ0n) is 22.9. The van der Waals surface area contributed by atoms with Crippen LogP contribution in [-0.4, -0.2) is 82.4 Å². The average Bonchev–Trinajstić information content (AvgIpc) is 3.59. The van der Waals surface area contributed by atoms with E-state index < -0.39 is 12.1 Å². The van der Waals surface area contributed by atoms with Gasteiger partial charge in [-0.3, -0.25) is 14.3 Å². The molecule has 4 heterocycles. The van der Waals surface area contributed by atoms with Gasteiger partial charge < -0.3 is 29.2 Å². The summed E-state index contributed by atoms with van der Waals surface area (Å²) in [5.41, 5.74) is 0.841. The fourth-order valence-corrected chi connectivity index (χ4v) is 4.79. The molecule has 42 heavy (non-hydrogen) atoms. The predicted molar refractivity (Wildman–Crippen MR) is 150 cm³/mol. The molecule has 1 N–H and O–H groups in total. The molecule has 13 heteroatoms. The number of hydrogen-bond acceptors (Lipinski definition) is 10. The van der Waals surface area contributed by atoms with Crippen molar-refractivity contribution >= 4 is 17.8 Å². The van der Waals surface area contributed by atoms with E-state index in [1.807, 2.05) is 29.2 Å². The number of nitrogens with zero attached hydrogens (tertiary/aromatic N) is 6. The van der Waals surface area contributed by atoms with E-state index in [-0.39, 0.29) is 25.5 Å². The molecule has 0 radical (unpaired) electrons. The van der Waals surface area contributed by atoms with Gasteiger partial charge >= 0.3 is 6.09 Å².